The first kappa shape index (κ1) is 26.6. The van der Waals surface area contributed by atoms with E-state index in [-0.39, 0.29) is 41.0 Å². The largest absolute Gasteiger partial charge is 0.444 e. The Labute approximate surface area is 224 Å². The molecular weight excluding hydrogens is 508 g/mol. The van der Waals surface area contributed by atoms with Gasteiger partial charge in [-0.1, -0.05) is 18.2 Å². The first-order chi connectivity index (χ1) is 18.3. The van der Waals surface area contributed by atoms with Crippen molar-refractivity contribution in [2.45, 2.75) is 64.6 Å². The molecule has 1 aliphatic carbocycles. The van der Waals surface area contributed by atoms with Crippen LogP contribution in [0.5, 0.6) is 0 Å². The number of ether oxygens (including phenoxy) is 1. The normalized spacial score (nSPS) is 21.0. The number of nitrogen functional groups attached to an aromatic ring is 1. The smallest absolute Gasteiger partial charge is 0.410 e. The van der Waals surface area contributed by atoms with Crippen LogP contribution in [0.4, 0.5) is 19.4 Å². The van der Waals surface area contributed by atoms with E-state index in [1.807, 2.05) is 20.8 Å². The van der Waals surface area contributed by atoms with Crippen molar-refractivity contribution in [3.8, 4) is 11.3 Å². The molecule has 12 heteroatoms. The van der Waals surface area contributed by atoms with Crippen LogP contribution in [0.1, 0.15) is 74.0 Å². The fraction of sp³-hybridized carbons (Fsp3) is 0.481. The van der Waals surface area contributed by atoms with E-state index >= 15 is 0 Å². The molecule has 1 saturated heterocycles. The quantitative estimate of drug-likeness (QED) is 0.476. The molecule has 0 atom stereocenters. The SMILES string of the molecule is CC(C)(C)OC(=O)N1CC[C@]2(C1)C[C@H](n1nc(-c3cnn(Cc4cccc(C(F)F)c4)c3)c(C(N)=O)c1N)C2. The average molecular weight is 542 g/mol. The van der Waals surface area contributed by atoms with Crippen LogP contribution >= 0.6 is 0 Å². The first-order valence-corrected chi connectivity index (χ1v) is 12.9. The van der Waals surface area contributed by atoms with Gasteiger partial charge < -0.3 is 21.1 Å². The molecule has 2 fully saturated rings. The number of aromatic nitrogens is 4. The second kappa shape index (κ2) is 9.65. The Morgan fingerprint density at radius 1 is 1.26 bits per heavy atom. The minimum atomic E-state index is -2.56. The monoisotopic (exact) mass is 541 g/mol. The van der Waals surface area contributed by atoms with E-state index in [4.69, 9.17) is 16.2 Å². The van der Waals surface area contributed by atoms with Crippen molar-refractivity contribution >= 4 is 17.8 Å². The Kier molecular flexibility index (Phi) is 6.59. The van der Waals surface area contributed by atoms with Crippen LogP contribution < -0.4 is 11.5 Å². The van der Waals surface area contributed by atoms with Crippen LogP contribution in [0.2, 0.25) is 0 Å². The number of amides is 2. The Morgan fingerprint density at radius 2 is 2.00 bits per heavy atom. The summed E-state index contributed by atoms with van der Waals surface area (Å²) >= 11 is 0. The minimum absolute atomic E-state index is 0.0370. The highest BCUT2D eigenvalue weighted by molar-refractivity contribution is 6.03. The molecule has 1 aliphatic heterocycles. The number of hydrogen-bond acceptors (Lipinski definition) is 6. The molecule has 0 unspecified atom stereocenters. The molecular formula is C27H33F2N7O3. The number of hydrogen-bond donors (Lipinski definition) is 2. The van der Waals surface area contributed by atoms with E-state index in [1.165, 1.54) is 12.1 Å². The van der Waals surface area contributed by atoms with Crippen molar-refractivity contribution in [2.75, 3.05) is 18.8 Å². The zero-order valence-electron chi connectivity index (χ0n) is 22.2. The average Bonchev–Trinajstić information content (AvgIpc) is 3.54. The third-order valence-electron chi connectivity index (χ3n) is 7.42. The number of nitrogens with zero attached hydrogens (tertiary/aromatic N) is 5. The number of carbonyl (C=O) groups is 2. The van der Waals surface area contributed by atoms with Crippen molar-refractivity contribution in [1.82, 2.24) is 24.5 Å². The summed E-state index contributed by atoms with van der Waals surface area (Å²) in [6.07, 6.45) is 2.75. The molecule has 3 heterocycles. The molecule has 2 aromatic heterocycles. The number of carbonyl (C=O) groups excluding carboxylic acids is 2. The molecule has 1 aromatic carbocycles. The molecule has 1 spiro atoms. The highest BCUT2D eigenvalue weighted by atomic mass is 19.3. The molecule has 4 N–H and O–H groups in total. The third-order valence-corrected chi connectivity index (χ3v) is 7.42. The zero-order valence-corrected chi connectivity index (χ0v) is 22.2. The zero-order chi connectivity index (χ0) is 28.1. The summed E-state index contributed by atoms with van der Waals surface area (Å²) in [6.45, 7) is 7.04. The number of alkyl halides is 2. The van der Waals surface area contributed by atoms with Crippen molar-refractivity contribution in [2.24, 2.45) is 11.1 Å². The van der Waals surface area contributed by atoms with E-state index in [2.05, 4.69) is 10.2 Å². The van der Waals surface area contributed by atoms with Crippen molar-refractivity contribution in [3.63, 3.8) is 0 Å². The van der Waals surface area contributed by atoms with Crippen molar-refractivity contribution < 1.29 is 23.1 Å². The number of likely N-dealkylation sites (tertiary alicyclic amines) is 1. The fourth-order valence-electron chi connectivity index (χ4n) is 5.62. The Hall–Kier alpha value is -3.96. The maximum atomic E-state index is 13.1. The summed E-state index contributed by atoms with van der Waals surface area (Å²) in [7, 11) is 0. The maximum absolute atomic E-state index is 13.1. The van der Waals surface area contributed by atoms with E-state index in [0.29, 0.717) is 29.9 Å². The van der Waals surface area contributed by atoms with Gasteiger partial charge in [-0.05, 0) is 57.1 Å². The molecule has 0 radical (unpaired) electrons. The molecule has 3 aromatic rings. The Morgan fingerprint density at radius 3 is 2.67 bits per heavy atom. The van der Waals surface area contributed by atoms with Crippen LogP contribution in [0.3, 0.4) is 0 Å². The molecule has 39 heavy (non-hydrogen) atoms. The third kappa shape index (κ3) is 5.32. The molecule has 1 saturated carbocycles. The van der Waals surface area contributed by atoms with Gasteiger partial charge in [0.25, 0.3) is 12.3 Å². The van der Waals surface area contributed by atoms with Crippen molar-refractivity contribution in [3.05, 3.63) is 53.3 Å². The van der Waals surface area contributed by atoms with Gasteiger partial charge in [0, 0.05) is 30.4 Å². The van der Waals surface area contributed by atoms with Crippen LogP contribution in [0.15, 0.2) is 36.7 Å². The van der Waals surface area contributed by atoms with E-state index in [1.54, 1.807) is 38.8 Å². The Balaban J connectivity index is 1.32. The lowest BCUT2D eigenvalue weighted by Gasteiger charge is -2.45. The predicted molar refractivity (Wildman–Crippen MR) is 140 cm³/mol. The van der Waals surface area contributed by atoms with Gasteiger partial charge in [-0.25, -0.2) is 18.3 Å². The first-order valence-electron chi connectivity index (χ1n) is 12.9. The van der Waals surface area contributed by atoms with Gasteiger partial charge >= 0.3 is 6.09 Å². The molecule has 208 valence electrons. The van der Waals surface area contributed by atoms with Crippen LogP contribution in [-0.4, -0.2) is 55.2 Å². The van der Waals surface area contributed by atoms with Gasteiger partial charge in [-0.2, -0.15) is 10.2 Å². The second-order valence-electron chi connectivity index (χ2n) is 11.6. The number of nitrogens with two attached hydrogens (primary N) is 2. The molecule has 10 nitrogen and oxygen atoms in total. The standard InChI is InChI=1S/C27H33F2N7O3/c1-26(2,3)39-25(38)34-8-7-27(15-34)10-19(11-27)36-23(30)20(24(31)37)21(33-36)18-12-32-35(14-18)13-16-5-4-6-17(9-16)22(28)29/h4-6,9,12,14,19,22H,7-8,10-11,13,15,30H2,1-3H3,(H2,31,37)/t19-,27-. The highest BCUT2D eigenvalue weighted by Gasteiger charge is 2.51. The molecule has 2 amide bonds. The van der Waals surface area contributed by atoms with Gasteiger partial charge in [0.2, 0.25) is 0 Å². The van der Waals surface area contributed by atoms with Crippen molar-refractivity contribution in [1.29, 1.82) is 0 Å². The van der Waals surface area contributed by atoms with E-state index in [9.17, 15) is 18.4 Å². The molecule has 2 aliphatic rings. The lowest BCUT2D eigenvalue weighted by molar-refractivity contribution is 0.0187. The van der Waals surface area contributed by atoms with Crippen LogP contribution in [-0.2, 0) is 11.3 Å². The number of primary amides is 1. The summed E-state index contributed by atoms with van der Waals surface area (Å²) in [5.41, 5.74) is 13.1. The summed E-state index contributed by atoms with van der Waals surface area (Å²) < 4.78 is 34.9. The topological polar surface area (TPSA) is 134 Å². The summed E-state index contributed by atoms with van der Waals surface area (Å²) in [5.74, 6) is -0.506. The summed E-state index contributed by atoms with van der Waals surface area (Å²) in [5, 5.41) is 9.00. The second-order valence-corrected chi connectivity index (χ2v) is 11.6. The predicted octanol–water partition coefficient (Wildman–Crippen LogP) is 4.38. The summed E-state index contributed by atoms with van der Waals surface area (Å²) in [4.78, 5) is 26.6. The fourth-order valence-corrected chi connectivity index (χ4v) is 5.62. The number of rotatable bonds is 6. The van der Waals surface area contributed by atoms with Gasteiger partial charge in [0.1, 0.15) is 22.7 Å². The summed E-state index contributed by atoms with van der Waals surface area (Å²) in [6, 6.07) is 6.10. The Bertz CT molecular complexity index is 1400. The number of anilines is 1. The van der Waals surface area contributed by atoms with E-state index in [0.717, 1.165) is 19.3 Å². The van der Waals surface area contributed by atoms with Gasteiger partial charge in [-0.15, -0.1) is 0 Å². The highest BCUT2D eigenvalue weighted by Crippen LogP contribution is 2.55. The van der Waals surface area contributed by atoms with Crippen LogP contribution in [0, 0.1) is 5.41 Å². The van der Waals surface area contributed by atoms with Gasteiger partial charge in [0.05, 0.1) is 18.8 Å². The lowest BCUT2D eigenvalue weighted by Crippen LogP contribution is -2.43. The number of benzene rings is 1. The lowest BCUT2D eigenvalue weighted by atomic mass is 9.65. The van der Waals surface area contributed by atoms with E-state index < -0.39 is 17.9 Å². The molecule has 5 rings (SSSR count). The van der Waals surface area contributed by atoms with Gasteiger partial charge in [0.15, 0.2) is 0 Å². The van der Waals surface area contributed by atoms with Gasteiger partial charge in [-0.3, -0.25) is 9.48 Å². The molecule has 0 bridgehead atoms. The minimum Gasteiger partial charge on any atom is -0.444 e. The van der Waals surface area contributed by atoms with Crippen LogP contribution in [0.25, 0.3) is 11.3 Å². The maximum Gasteiger partial charge on any atom is 0.410 e. The number of halogens is 2.